The molecule has 19 heavy (non-hydrogen) atoms. The molecule has 1 heteroatoms. The van der Waals surface area contributed by atoms with Gasteiger partial charge >= 0.3 is 0 Å². The summed E-state index contributed by atoms with van der Waals surface area (Å²) in [6.07, 6.45) is 13.8. The fraction of sp³-hybridized carbons (Fsp3) is 1.00. The van der Waals surface area contributed by atoms with E-state index in [0.29, 0.717) is 11.5 Å². The summed E-state index contributed by atoms with van der Waals surface area (Å²) in [6, 6.07) is 0.702. The van der Waals surface area contributed by atoms with Crippen molar-refractivity contribution in [2.24, 2.45) is 5.41 Å². The second-order valence-corrected chi connectivity index (χ2v) is 6.76. The van der Waals surface area contributed by atoms with Gasteiger partial charge < -0.3 is 5.32 Å². The average molecular weight is 270 g/mol. The van der Waals surface area contributed by atoms with Gasteiger partial charge in [-0.05, 0) is 31.2 Å². The molecule has 0 rings (SSSR count). The van der Waals surface area contributed by atoms with Gasteiger partial charge in [0.2, 0.25) is 0 Å². The van der Waals surface area contributed by atoms with Crippen molar-refractivity contribution in [2.45, 2.75) is 105 Å². The second-order valence-electron chi connectivity index (χ2n) is 6.76. The average Bonchev–Trinajstić information content (AvgIpc) is 2.40. The lowest BCUT2D eigenvalue weighted by Gasteiger charge is -2.34. The summed E-state index contributed by atoms with van der Waals surface area (Å²) in [6.45, 7) is 12.9. The minimum absolute atomic E-state index is 0.442. The molecule has 0 spiro atoms. The molecular weight excluding hydrogens is 230 g/mol. The van der Waals surface area contributed by atoms with Gasteiger partial charge in [-0.25, -0.2) is 0 Å². The molecule has 0 heterocycles. The Kier molecular flexibility index (Phi) is 11.7. The van der Waals surface area contributed by atoms with Gasteiger partial charge in [0.15, 0.2) is 0 Å². The fourth-order valence-corrected chi connectivity index (χ4v) is 2.64. The van der Waals surface area contributed by atoms with E-state index >= 15 is 0 Å². The molecule has 0 aliphatic heterocycles. The number of rotatable bonds is 13. The minimum atomic E-state index is 0.442. The van der Waals surface area contributed by atoms with Gasteiger partial charge in [0.05, 0.1) is 0 Å². The van der Waals surface area contributed by atoms with Crippen molar-refractivity contribution in [3.63, 3.8) is 0 Å². The van der Waals surface area contributed by atoms with Crippen LogP contribution in [0.4, 0.5) is 0 Å². The Morgan fingerprint density at radius 1 is 0.789 bits per heavy atom. The molecule has 1 N–H and O–H groups in total. The standard InChI is InChI=1S/C18H39N/c1-6-9-10-11-12-13-14-15-17(19-16-7-2)18(4,5)8-3/h17,19H,6-16H2,1-5H3. The molecule has 0 aliphatic rings. The van der Waals surface area contributed by atoms with Crippen LogP contribution in [0.25, 0.3) is 0 Å². The number of unbranched alkanes of at least 4 members (excludes halogenated alkanes) is 6. The fourth-order valence-electron chi connectivity index (χ4n) is 2.64. The Bertz CT molecular complexity index is 186. The molecule has 1 atom stereocenters. The first-order valence-electron chi connectivity index (χ1n) is 8.81. The molecule has 0 saturated carbocycles. The summed E-state index contributed by atoms with van der Waals surface area (Å²) in [5.74, 6) is 0. The van der Waals surface area contributed by atoms with Crippen molar-refractivity contribution >= 4 is 0 Å². The lowest BCUT2D eigenvalue weighted by Crippen LogP contribution is -2.42. The molecule has 0 saturated heterocycles. The highest BCUT2D eigenvalue weighted by Gasteiger charge is 2.26. The lowest BCUT2D eigenvalue weighted by atomic mass is 9.79. The molecule has 116 valence electrons. The zero-order valence-electron chi connectivity index (χ0n) is 14.4. The first-order valence-corrected chi connectivity index (χ1v) is 8.81. The maximum Gasteiger partial charge on any atom is 0.0118 e. The van der Waals surface area contributed by atoms with Gasteiger partial charge in [-0.2, -0.15) is 0 Å². The highest BCUT2D eigenvalue weighted by atomic mass is 14.9. The topological polar surface area (TPSA) is 12.0 Å². The molecule has 0 aliphatic carbocycles. The van der Waals surface area contributed by atoms with E-state index in [4.69, 9.17) is 0 Å². The molecule has 0 radical (unpaired) electrons. The molecule has 0 fully saturated rings. The number of hydrogen-bond donors (Lipinski definition) is 1. The predicted molar refractivity (Wildman–Crippen MR) is 88.8 cm³/mol. The van der Waals surface area contributed by atoms with Crippen LogP contribution < -0.4 is 5.32 Å². The second kappa shape index (κ2) is 11.8. The van der Waals surface area contributed by atoms with E-state index in [0.717, 1.165) is 0 Å². The SMILES string of the molecule is CCCCCCCCCC(NCCC)C(C)(C)CC. The van der Waals surface area contributed by atoms with Gasteiger partial charge in [0, 0.05) is 6.04 Å². The molecule has 0 aromatic carbocycles. The largest absolute Gasteiger partial charge is 0.313 e. The van der Waals surface area contributed by atoms with Crippen molar-refractivity contribution in [1.82, 2.24) is 5.32 Å². The third kappa shape index (κ3) is 9.49. The zero-order chi connectivity index (χ0) is 14.6. The van der Waals surface area contributed by atoms with Crippen LogP contribution in [-0.4, -0.2) is 12.6 Å². The predicted octanol–water partition coefficient (Wildman–Crippen LogP) is 5.93. The first kappa shape index (κ1) is 19.0. The Balaban J connectivity index is 3.80. The molecule has 0 aromatic heterocycles. The minimum Gasteiger partial charge on any atom is -0.313 e. The van der Waals surface area contributed by atoms with E-state index in [9.17, 15) is 0 Å². The van der Waals surface area contributed by atoms with Gasteiger partial charge in [0.1, 0.15) is 0 Å². The van der Waals surface area contributed by atoms with E-state index in [1.807, 2.05) is 0 Å². The van der Waals surface area contributed by atoms with Gasteiger partial charge in [-0.3, -0.25) is 0 Å². The van der Waals surface area contributed by atoms with Crippen LogP contribution in [0, 0.1) is 5.41 Å². The van der Waals surface area contributed by atoms with E-state index in [1.165, 1.54) is 70.8 Å². The third-order valence-corrected chi connectivity index (χ3v) is 4.59. The van der Waals surface area contributed by atoms with Crippen LogP contribution in [-0.2, 0) is 0 Å². The summed E-state index contributed by atoms with van der Waals surface area (Å²) in [4.78, 5) is 0. The van der Waals surface area contributed by atoms with Crippen LogP contribution in [0.15, 0.2) is 0 Å². The van der Waals surface area contributed by atoms with Crippen LogP contribution >= 0.6 is 0 Å². The zero-order valence-corrected chi connectivity index (χ0v) is 14.4. The van der Waals surface area contributed by atoms with E-state index in [2.05, 4.69) is 39.9 Å². The van der Waals surface area contributed by atoms with Crippen molar-refractivity contribution in [2.75, 3.05) is 6.54 Å². The van der Waals surface area contributed by atoms with Gasteiger partial charge in [-0.15, -0.1) is 0 Å². The maximum atomic E-state index is 3.77. The smallest absolute Gasteiger partial charge is 0.0118 e. The highest BCUT2D eigenvalue weighted by Crippen LogP contribution is 2.28. The molecule has 0 aromatic rings. The summed E-state index contributed by atoms with van der Waals surface area (Å²) in [5, 5.41) is 3.77. The van der Waals surface area contributed by atoms with Crippen molar-refractivity contribution < 1.29 is 0 Å². The summed E-state index contributed by atoms with van der Waals surface area (Å²) >= 11 is 0. The highest BCUT2D eigenvalue weighted by molar-refractivity contribution is 4.82. The normalized spacial score (nSPS) is 13.7. The van der Waals surface area contributed by atoms with Crippen molar-refractivity contribution in [1.29, 1.82) is 0 Å². The molecule has 1 nitrogen and oxygen atoms in total. The van der Waals surface area contributed by atoms with Gasteiger partial charge in [0.25, 0.3) is 0 Å². The van der Waals surface area contributed by atoms with Crippen molar-refractivity contribution in [3.8, 4) is 0 Å². The lowest BCUT2D eigenvalue weighted by molar-refractivity contribution is 0.216. The van der Waals surface area contributed by atoms with E-state index < -0.39 is 0 Å². The first-order chi connectivity index (χ1) is 9.08. The Morgan fingerprint density at radius 3 is 1.89 bits per heavy atom. The quantitative estimate of drug-likeness (QED) is 0.408. The van der Waals surface area contributed by atoms with Crippen LogP contribution in [0.2, 0.25) is 0 Å². The monoisotopic (exact) mass is 269 g/mol. The Hall–Kier alpha value is -0.0400. The number of hydrogen-bond acceptors (Lipinski definition) is 1. The molecule has 0 amide bonds. The van der Waals surface area contributed by atoms with Crippen LogP contribution in [0.3, 0.4) is 0 Å². The van der Waals surface area contributed by atoms with Crippen LogP contribution in [0.5, 0.6) is 0 Å². The van der Waals surface area contributed by atoms with Crippen molar-refractivity contribution in [3.05, 3.63) is 0 Å². The van der Waals surface area contributed by atoms with Gasteiger partial charge in [-0.1, -0.05) is 79.6 Å². The Labute approximate surface area is 122 Å². The summed E-state index contributed by atoms with van der Waals surface area (Å²) in [5.41, 5.74) is 0.442. The summed E-state index contributed by atoms with van der Waals surface area (Å²) in [7, 11) is 0. The summed E-state index contributed by atoms with van der Waals surface area (Å²) < 4.78 is 0. The molecular formula is C18H39N. The maximum absolute atomic E-state index is 3.77. The molecule has 1 unspecified atom stereocenters. The Morgan fingerprint density at radius 2 is 1.37 bits per heavy atom. The van der Waals surface area contributed by atoms with Crippen LogP contribution in [0.1, 0.15) is 98.8 Å². The van der Waals surface area contributed by atoms with E-state index in [1.54, 1.807) is 0 Å². The number of nitrogens with one attached hydrogen (secondary N) is 1. The van der Waals surface area contributed by atoms with E-state index in [-0.39, 0.29) is 0 Å². The third-order valence-electron chi connectivity index (χ3n) is 4.59. The molecule has 0 bridgehead atoms.